The highest BCUT2D eigenvalue weighted by molar-refractivity contribution is 6.30. The molecule has 0 aliphatic carbocycles. The van der Waals surface area contributed by atoms with E-state index in [9.17, 15) is 4.79 Å². The number of nitrogen functional groups attached to an aromatic ring is 1. The summed E-state index contributed by atoms with van der Waals surface area (Å²) in [6.07, 6.45) is 2.72. The zero-order valence-electron chi connectivity index (χ0n) is 8.67. The highest BCUT2D eigenvalue weighted by Gasteiger charge is 2.13. The Morgan fingerprint density at radius 1 is 1.47 bits per heavy atom. The van der Waals surface area contributed by atoms with Crippen molar-refractivity contribution in [1.29, 1.82) is 0 Å². The third kappa shape index (κ3) is 2.36. The van der Waals surface area contributed by atoms with Gasteiger partial charge in [-0.3, -0.25) is 4.98 Å². The van der Waals surface area contributed by atoms with Crippen molar-refractivity contribution in [2.24, 2.45) is 0 Å². The molecule has 17 heavy (non-hydrogen) atoms. The number of aromatic nitrogens is 3. The van der Waals surface area contributed by atoms with Crippen LogP contribution in [0.3, 0.4) is 0 Å². The maximum Gasteiger partial charge on any atom is 0.341 e. The Morgan fingerprint density at radius 2 is 2.24 bits per heavy atom. The van der Waals surface area contributed by atoms with Gasteiger partial charge in [0.1, 0.15) is 11.4 Å². The molecule has 0 saturated carbocycles. The molecule has 2 aromatic rings. The van der Waals surface area contributed by atoms with Gasteiger partial charge in [0.25, 0.3) is 0 Å². The van der Waals surface area contributed by atoms with Gasteiger partial charge in [0.05, 0.1) is 23.5 Å². The third-order valence-corrected chi connectivity index (χ3v) is 2.43. The van der Waals surface area contributed by atoms with E-state index < -0.39 is 5.97 Å². The molecule has 6 nitrogen and oxygen atoms in total. The van der Waals surface area contributed by atoms with Crippen molar-refractivity contribution in [3.63, 3.8) is 0 Å². The van der Waals surface area contributed by atoms with E-state index in [0.29, 0.717) is 17.3 Å². The smallest absolute Gasteiger partial charge is 0.341 e. The van der Waals surface area contributed by atoms with Crippen LogP contribution in [0.1, 0.15) is 16.1 Å². The van der Waals surface area contributed by atoms with Crippen molar-refractivity contribution in [3.8, 4) is 0 Å². The number of rotatable bonds is 3. The molecule has 2 aromatic heterocycles. The van der Waals surface area contributed by atoms with Gasteiger partial charge >= 0.3 is 5.97 Å². The number of carboxylic acid groups (broad SMARTS) is 1. The molecule has 0 aliphatic heterocycles. The van der Waals surface area contributed by atoms with E-state index in [2.05, 4.69) is 10.1 Å². The van der Waals surface area contributed by atoms with Crippen LogP contribution in [0.15, 0.2) is 24.5 Å². The number of anilines is 1. The fourth-order valence-electron chi connectivity index (χ4n) is 1.34. The van der Waals surface area contributed by atoms with Crippen LogP contribution < -0.4 is 5.73 Å². The summed E-state index contributed by atoms with van der Waals surface area (Å²) in [5.41, 5.74) is 6.33. The SMILES string of the molecule is Nc1c(C(=O)O)cnn1Cc1ccc(Cl)cn1. The molecule has 2 heterocycles. The highest BCUT2D eigenvalue weighted by Crippen LogP contribution is 2.13. The maximum absolute atomic E-state index is 10.8. The molecule has 0 atom stereocenters. The van der Waals surface area contributed by atoms with Gasteiger partial charge in [0.15, 0.2) is 0 Å². The number of carboxylic acids is 1. The first kappa shape index (κ1) is 11.4. The standard InChI is InChI=1S/C10H9ClN4O2/c11-6-1-2-7(13-3-6)5-15-9(12)8(4-14-15)10(16)17/h1-4H,5,12H2,(H,16,17). The predicted octanol–water partition coefficient (Wildman–Crippen LogP) is 1.26. The minimum Gasteiger partial charge on any atom is -0.477 e. The first-order chi connectivity index (χ1) is 8.08. The molecule has 0 fully saturated rings. The minimum absolute atomic E-state index is 0.0148. The second kappa shape index (κ2) is 4.42. The number of nitrogens with two attached hydrogens (primary N) is 1. The Balaban J connectivity index is 2.24. The minimum atomic E-state index is -1.10. The number of nitrogens with zero attached hydrogens (tertiary/aromatic N) is 3. The molecule has 7 heteroatoms. The number of aromatic carboxylic acids is 1. The van der Waals surface area contributed by atoms with Crippen molar-refractivity contribution >= 4 is 23.4 Å². The van der Waals surface area contributed by atoms with Gasteiger partial charge in [-0.25, -0.2) is 9.48 Å². The zero-order valence-corrected chi connectivity index (χ0v) is 9.42. The monoisotopic (exact) mass is 252 g/mol. The van der Waals surface area contributed by atoms with Crippen LogP contribution in [0.4, 0.5) is 5.82 Å². The summed E-state index contributed by atoms with van der Waals surface area (Å²) in [5, 5.41) is 13.2. The van der Waals surface area contributed by atoms with Gasteiger partial charge in [-0.15, -0.1) is 0 Å². The Kier molecular flexibility index (Phi) is 2.97. The average Bonchev–Trinajstić information content (AvgIpc) is 2.64. The zero-order chi connectivity index (χ0) is 12.4. The largest absolute Gasteiger partial charge is 0.477 e. The van der Waals surface area contributed by atoms with Crippen LogP contribution in [0, 0.1) is 0 Å². The van der Waals surface area contributed by atoms with Crippen LogP contribution in [0.5, 0.6) is 0 Å². The second-order valence-electron chi connectivity index (χ2n) is 3.37. The van der Waals surface area contributed by atoms with E-state index in [-0.39, 0.29) is 11.4 Å². The van der Waals surface area contributed by atoms with Crippen molar-refractivity contribution in [2.75, 3.05) is 5.73 Å². The number of pyridine rings is 1. The van der Waals surface area contributed by atoms with Crippen LogP contribution in [0.25, 0.3) is 0 Å². The summed E-state index contributed by atoms with van der Waals surface area (Å²) in [6.45, 7) is 0.302. The second-order valence-corrected chi connectivity index (χ2v) is 3.81. The summed E-state index contributed by atoms with van der Waals surface area (Å²) in [5.74, 6) is -0.993. The molecule has 0 radical (unpaired) electrons. The summed E-state index contributed by atoms with van der Waals surface area (Å²) in [6, 6.07) is 3.42. The number of halogens is 1. The van der Waals surface area contributed by atoms with Gasteiger partial charge < -0.3 is 10.8 Å². The Hall–Kier alpha value is -2.08. The van der Waals surface area contributed by atoms with Crippen LogP contribution >= 0.6 is 11.6 Å². The molecule has 0 spiro atoms. The highest BCUT2D eigenvalue weighted by atomic mass is 35.5. The molecule has 0 bridgehead atoms. The van der Waals surface area contributed by atoms with Gasteiger partial charge in [-0.1, -0.05) is 11.6 Å². The van der Waals surface area contributed by atoms with Crippen molar-refractivity contribution in [3.05, 3.63) is 40.8 Å². The molecule has 0 saturated heterocycles. The number of hydrogen-bond donors (Lipinski definition) is 2. The van der Waals surface area contributed by atoms with Gasteiger partial charge in [-0.2, -0.15) is 5.10 Å². The lowest BCUT2D eigenvalue weighted by Crippen LogP contribution is -2.09. The molecule has 0 unspecified atom stereocenters. The lowest BCUT2D eigenvalue weighted by molar-refractivity contribution is 0.0698. The Labute approximate surface area is 102 Å². The lowest BCUT2D eigenvalue weighted by Gasteiger charge is -2.03. The van der Waals surface area contributed by atoms with Gasteiger partial charge in [0.2, 0.25) is 0 Å². The third-order valence-electron chi connectivity index (χ3n) is 2.21. The maximum atomic E-state index is 10.8. The van der Waals surface area contributed by atoms with E-state index in [1.807, 2.05) is 0 Å². The van der Waals surface area contributed by atoms with E-state index in [0.717, 1.165) is 0 Å². The molecule has 0 aromatic carbocycles. The molecule has 2 rings (SSSR count). The average molecular weight is 253 g/mol. The number of hydrogen-bond acceptors (Lipinski definition) is 4. The van der Waals surface area contributed by atoms with E-state index in [4.69, 9.17) is 22.4 Å². The van der Waals surface area contributed by atoms with E-state index in [1.54, 1.807) is 12.1 Å². The first-order valence-electron chi connectivity index (χ1n) is 4.73. The fraction of sp³-hybridized carbons (Fsp3) is 0.100. The lowest BCUT2D eigenvalue weighted by atomic mass is 10.3. The topological polar surface area (TPSA) is 94.0 Å². The van der Waals surface area contributed by atoms with Crippen molar-refractivity contribution in [2.45, 2.75) is 6.54 Å². The quantitative estimate of drug-likeness (QED) is 0.858. The van der Waals surface area contributed by atoms with Crippen molar-refractivity contribution in [1.82, 2.24) is 14.8 Å². The summed E-state index contributed by atoms with van der Waals surface area (Å²) in [4.78, 5) is 14.8. The van der Waals surface area contributed by atoms with Crippen LogP contribution in [-0.4, -0.2) is 25.8 Å². The summed E-state index contributed by atoms with van der Waals surface area (Å²) < 4.78 is 1.37. The molecular formula is C10H9ClN4O2. The predicted molar refractivity (Wildman–Crippen MR) is 61.9 cm³/mol. The summed E-state index contributed by atoms with van der Waals surface area (Å²) in [7, 11) is 0. The van der Waals surface area contributed by atoms with Gasteiger partial charge in [-0.05, 0) is 12.1 Å². The van der Waals surface area contributed by atoms with E-state index >= 15 is 0 Å². The molecular weight excluding hydrogens is 244 g/mol. The van der Waals surface area contributed by atoms with Crippen molar-refractivity contribution < 1.29 is 9.90 Å². The molecule has 88 valence electrons. The first-order valence-corrected chi connectivity index (χ1v) is 5.10. The summed E-state index contributed by atoms with van der Waals surface area (Å²) >= 11 is 5.70. The van der Waals surface area contributed by atoms with Gasteiger partial charge in [0, 0.05) is 6.20 Å². The van der Waals surface area contributed by atoms with Crippen LogP contribution in [-0.2, 0) is 6.54 Å². The van der Waals surface area contributed by atoms with E-state index in [1.165, 1.54) is 17.1 Å². The molecule has 0 amide bonds. The normalized spacial score (nSPS) is 10.4. The Bertz CT molecular complexity index is 550. The van der Waals surface area contributed by atoms with Crippen LogP contribution in [0.2, 0.25) is 5.02 Å². The number of carbonyl (C=O) groups is 1. The molecule has 0 aliphatic rings. The fourth-order valence-corrected chi connectivity index (χ4v) is 1.45. The molecule has 3 N–H and O–H groups in total. The Morgan fingerprint density at radius 3 is 2.76 bits per heavy atom.